The summed E-state index contributed by atoms with van der Waals surface area (Å²) in [7, 11) is 0. The minimum absolute atomic E-state index is 0.0543. The van der Waals surface area contributed by atoms with Crippen molar-refractivity contribution in [3.8, 4) is 0 Å². The van der Waals surface area contributed by atoms with Gasteiger partial charge in [0.05, 0.1) is 25.3 Å². The van der Waals surface area contributed by atoms with E-state index in [1.807, 2.05) is 30.3 Å². The molecule has 3 rings (SSSR count). The highest BCUT2D eigenvalue weighted by molar-refractivity contribution is 5.96. The monoisotopic (exact) mass is 479 g/mol. The molecule has 11 heteroatoms. The quantitative estimate of drug-likeness (QED) is 0.406. The smallest absolute Gasteiger partial charge is 0.360 e. The van der Waals surface area contributed by atoms with Gasteiger partial charge in [0.15, 0.2) is 11.5 Å². The van der Waals surface area contributed by atoms with Gasteiger partial charge in [0.25, 0.3) is 5.91 Å². The van der Waals surface area contributed by atoms with Gasteiger partial charge in [0.2, 0.25) is 11.8 Å². The SMILES string of the molecule is CCOC(=O)c1cc(CN(CC(=O)N(CC(N)=O)Cc2ccccc2)C(=O)c2cccnc2)on1. The average Bonchev–Trinajstić information content (AvgIpc) is 3.32. The summed E-state index contributed by atoms with van der Waals surface area (Å²) >= 11 is 0. The van der Waals surface area contributed by atoms with Crippen molar-refractivity contribution in [3.63, 3.8) is 0 Å². The van der Waals surface area contributed by atoms with Crippen LogP contribution in [-0.2, 0) is 27.4 Å². The van der Waals surface area contributed by atoms with Crippen LogP contribution in [-0.4, -0.2) is 63.3 Å². The molecular formula is C24H25N5O6. The molecule has 182 valence electrons. The molecule has 35 heavy (non-hydrogen) atoms. The molecule has 0 spiro atoms. The van der Waals surface area contributed by atoms with Gasteiger partial charge >= 0.3 is 5.97 Å². The predicted molar refractivity (Wildman–Crippen MR) is 122 cm³/mol. The normalized spacial score (nSPS) is 10.4. The van der Waals surface area contributed by atoms with Gasteiger partial charge < -0.3 is 24.8 Å². The van der Waals surface area contributed by atoms with Crippen LogP contribution in [0, 0.1) is 0 Å². The zero-order valence-electron chi connectivity index (χ0n) is 19.1. The number of aromatic nitrogens is 2. The molecule has 0 aliphatic carbocycles. The Morgan fingerprint density at radius 3 is 2.43 bits per heavy atom. The minimum atomic E-state index is -0.686. The van der Waals surface area contributed by atoms with Crippen molar-refractivity contribution < 1.29 is 28.4 Å². The van der Waals surface area contributed by atoms with E-state index < -0.39 is 23.7 Å². The van der Waals surface area contributed by atoms with E-state index in [-0.39, 0.29) is 49.8 Å². The Labute approximate surface area is 201 Å². The van der Waals surface area contributed by atoms with Crippen molar-refractivity contribution in [3.05, 3.63) is 83.5 Å². The number of ether oxygens (including phenoxy) is 1. The molecule has 3 aromatic rings. The van der Waals surface area contributed by atoms with Gasteiger partial charge in [-0.25, -0.2) is 4.79 Å². The van der Waals surface area contributed by atoms with Gasteiger partial charge in [0, 0.05) is 25.0 Å². The van der Waals surface area contributed by atoms with Crippen molar-refractivity contribution in [1.29, 1.82) is 0 Å². The predicted octanol–water partition coefficient (Wildman–Crippen LogP) is 1.40. The van der Waals surface area contributed by atoms with Gasteiger partial charge in [-0.2, -0.15) is 0 Å². The van der Waals surface area contributed by atoms with E-state index >= 15 is 0 Å². The number of rotatable bonds is 11. The first-order valence-corrected chi connectivity index (χ1v) is 10.8. The van der Waals surface area contributed by atoms with E-state index in [1.165, 1.54) is 28.3 Å². The number of carbonyl (C=O) groups is 4. The standard InChI is InChI=1S/C24H25N5O6/c1-2-34-24(33)20-11-19(35-27-20)14-29(23(32)18-9-6-10-26-12-18)16-22(31)28(15-21(25)30)13-17-7-4-3-5-8-17/h3-12H,2,13-16H2,1H3,(H2,25,30). The lowest BCUT2D eigenvalue weighted by Crippen LogP contribution is -2.45. The molecule has 0 unspecified atom stereocenters. The van der Waals surface area contributed by atoms with Crippen molar-refractivity contribution in [1.82, 2.24) is 19.9 Å². The topological polar surface area (TPSA) is 149 Å². The summed E-state index contributed by atoms with van der Waals surface area (Å²) in [6.07, 6.45) is 2.89. The van der Waals surface area contributed by atoms with Gasteiger partial charge in [0.1, 0.15) is 6.54 Å². The molecule has 3 amide bonds. The molecule has 2 heterocycles. The van der Waals surface area contributed by atoms with Crippen molar-refractivity contribution >= 4 is 23.7 Å². The number of amides is 3. The molecule has 0 atom stereocenters. The number of nitrogens with zero attached hydrogens (tertiary/aromatic N) is 4. The fourth-order valence-corrected chi connectivity index (χ4v) is 3.24. The lowest BCUT2D eigenvalue weighted by molar-refractivity contribution is -0.136. The van der Waals surface area contributed by atoms with Crippen LogP contribution in [0.15, 0.2) is 65.4 Å². The second-order valence-electron chi connectivity index (χ2n) is 7.50. The van der Waals surface area contributed by atoms with Crippen LogP contribution in [0.5, 0.6) is 0 Å². The molecule has 0 saturated carbocycles. The summed E-state index contributed by atoms with van der Waals surface area (Å²) in [4.78, 5) is 56.4. The maximum atomic E-state index is 13.2. The van der Waals surface area contributed by atoms with Crippen LogP contribution in [0.4, 0.5) is 0 Å². The van der Waals surface area contributed by atoms with Crippen LogP contribution in [0.1, 0.15) is 39.1 Å². The minimum Gasteiger partial charge on any atom is -0.461 e. The molecule has 0 saturated heterocycles. The molecular weight excluding hydrogens is 454 g/mol. The summed E-state index contributed by atoms with van der Waals surface area (Å²) in [6.45, 7) is 1.08. The molecule has 0 fully saturated rings. The Morgan fingerprint density at radius 1 is 1.00 bits per heavy atom. The lowest BCUT2D eigenvalue weighted by atomic mass is 10.2. The largest absolute Gasteiger partial charge is 0.461 e. The van der Waals surface area contributed by atoms with Crippen LogP contribution in [0.25, 0.3) is 0 Å². The Kier molecular flexibility index (Phi) is 8.65. The summed E-state index contributed by atoms with van der Waals surface area (Å²) in [5.74, 6) is -2.19. The molecule has 11 nitrogen and oxygen atoms in total. The van der Waals surface area contributed by atoms with E-state index in [0.29, 0.717) is 0 Å². The van der Waals surface area contributed by atoms with Gasteiger partial charge in [-0.15, -0.1) is 0 Å². The third-order valence-electron chi connectivity index (χ3n) is 4.83. The average molecular weight is 479 g/mol. The third-order valence-corrected chi connectivity index (χ3v) is 4.83. The molecule has 0 bridgehead atoms. The Bertz CT molecular complexity index is 1170. The summed E-state index contributed by atoms with van der Waals surface area (Å²) in [5.41, 5.74) is 6.34. The van der Waals surface area contributed by atoms with Gasteiger partial charge in [-0.3, -0.25) is 19.4 Å². The van der Waals surface area contributed by atoms with E-state index in [1.54, 1.807) is 19.1 Å². The van der Waals surface area contributed by atoms with Crippen molar-refractivity contribution in [2.45, 2.75) is 20.0 Å². The molecule has 0 radical (unpaired) electrons. The Hall–Kier alpha value is -4.54. The highest BCUT2D eigenvalue weighted by atomic mass is 16.5. The van der Waals surface area contributed by atoms with Crippen LogP contribution >= 0.6 is 0 Å². The molecule has 1 aromatic carbocycles. The second-order valence-corrected chi connectivity index (χ2v) is 7.50. The number of hydrogen-bond donors (Lipinski definition) is 1. The van der Waals surface area contributed by atoms with E-state index in [9.17, 15) is 19.2 Å². The maximum absolute atomic E-state index is 13.2. The number of benzene rings is 1. The number of carbonyl (C=O) groups excluding carboxylic acids is 4. The van der Waals surface area contributed by atoms with E-state index in [4.69, 9.17) is 15.0 Å². The lowest BCUT2D eigenvalue weighted by Gasteiger charge is -2.26. The van der Waals surface area contributed by atoms with Crippen LogP contribution in [0.2, 0.25) is 0 Å². The molecule has 2 aromatic heterocycles. The van der Waals surface area contributed by atoms with Gasteiger partial charge in [-0.05, 0) is 24.6 Å². The fraction of sp³-hybridized carbons (Fsp3) is 0.250. The number of pyridine rings is 1. The third kappa shape index (κ3) is 7.22. The first-order chi connectivity index (χ1) is 16.9. The zero-order chi connectivity index (χ0) is 25.2. The van der Waals surface area contributed by atoms with Crippen molar-refractivity contribution in [2.24, 2.45) is 5.73 Å². The van der Waals surface area contributed by atoms with E-state index in [0.717, 1.165) is 5.56 Å². The molecule has 0 aliphatic heterocycles. The second kappa shape index (κ2) is 12.1. The first kappa shape index (κ1) is 25.1. The maximum Gasteiger partial charge on any atom is 0.360 e. The highest BCUT2D eigenvalue weighted by Gasteiger charge is 2.26. The number of esters is 1. The van der Waals surface area contributed by atoms with Crippen LogP contribution in [0.3, 0.4) is 0 Å². The summed E-state index contributed by atoms with van der Waals surface area (Å²) in [6, 6.07) is 13.6. The van der Waals surface area contributed by atoms with Crippen LogP contribution < -0.4 is 5.73 Å². The zero-order valence-corrected chi connectivity index (χ0v) is 19.1. The van der Waals surface area contributed by atoms with Crippen molar-refractivity contribution in [2.75, 3.05) is 19.7 Å². The van der Waals surface area contributed by atoms with Gasteiger partial charge in [-0.1, -0.05) is 35.5 Å². The first-order valence-electron chi connectivity index (χ1n) is 10.8. The highest BCUT2D eigenvalue weighted by Crippen LogP contribution is 2.13. The fourth-order valence-electron chi connectivity index (χ4n) is 3.24. The summed E-state index contributed by atoms with van der Waals surface area (Å²) < 4.78 is 10.1. The number of primary amides is 1. The number of hydrogen-bond acceptors (Lipinski definition) is 8. The molecule has 2 N–H and O–H groups in total. The molecule has 0 aliphatic rings. The van der Waals surface area contributed by atoms with E-state index in [2.05, 4.69) is 10.1 Å². The summed E-state index contributed by atoms with van der Waals surface area (Å²) in [5, 5.41) is 3.67. The number of nitrogens with two attached hydrogens (primary N) is 1. The Balaban J connectivity index is 1.83. The Morgan fingerprint density at radius 2 is 1.77 bits per heavy atom.